The number of ether oxygens (including phenoxy) is 3. The summed E-state index contributed by atoms with van der Waals surface area (Å²) in [6, 6.07) is 9.85. The van der Waals surface area contributed by atoms with Gasteiger partial charge in [-0.25, -0.2) is 9.79 Å². The van der Waals surface area contributed by atoms with E-state index in [0.717, 1.165) is 11.8 Å². The Morgan fingerprint density at radius 2 is 1.88 bits per heavy atom. The fraction of sp³-hybridized carbons (Fsp3) is 0.174. The van der Waals surface area contributed by atoms with Crippen molar-refractivity contribution in [3.8, 4) is 11.5 Å². The molecule has 0 saturated heterocycles. The Labute approximate surface area is 208 Å². The van der Waals surface area contributed by atoms with Gasteiger partial charge >= 0.3 is 5.97 Å². The van der Waals surface area contributed by atoms with Gasteiger partial charge in [0.05, 0.1) is 40.8 Å². The lowest BCUT2D eigenvalue weighted by atomic mass is 10.1. The maximum atomic E-state index is 12.7. The van der Waals surface area contributed by atoms with Crippen LogP contribution < -0.4 is 9.47 Å². The molecule has 1 aliphatic rings. The number of carbonyl (C=O) groups excluding carboxylic acids is 2. The molecular formula is C23H19BrClNO6S. The zero-order valence-electron chi connectivity index (χ0n) is 17.8. The molecule has 1 aliphatic heterocycles. The molecule has 10 heteroatoms. The highest BCUT2D eigenvalue weighted by molar-refractivity contribution is 9.10. The highest BCUT2D eigenvalue weighted by Crippen LogP contribution is 2.42. The topological polar surface area (TPSA) is 94.4 Å². The Morgan fingerprint density at radius 1 is 1.18 bits per heavy atom. The van der Waals surface area contributed by atoms with E-state index in [1.165, 1.54) is 20.3 Å². The molecule has 0 bridgehead atoms. The summed E-state index contributed by atoms with van der Waals surface area (Å²) in [7, 11) is 3.03. The van der Waals surface area contributed by atoms with Crippen LogP contribution in [0.4, 0.5) is 0 Å². The first kappa shape index (κ1) is 24.9. The van der Waals surface area contributed by atoms with Crippen LogP contribution in [0.5, 0.6) is 11.5 Å². The molecule has 1 N–H and O–H groups in total. The number of amides is 1. The molecule has 0 radical (unpaired) electrons. The first-order valence-electron chi connectivity index (χ1n) is 9.60. The second-order valence-corrected chi connectivity index (χ2v) is 8.78. The summed E-state index contributed by atoms with van der Waals surface area (Å²) in [5, 5.41) is 11.1. The number of esters is 1. The number of aliphatic hydroxyl groups excluding tert-OH is 1. The van der Waals surface area contributed by atoms with Crippen LogP contribution in [0, 0.1) is 0 Å². The zero-order valence-corrected chi connectivity index (χ0v) is 21.0. The molecule has 3 rings (SSSR count). The van der Waals surface area contributed by atoms with Crippen molar-refractivity contribution in [3.63, 3.8) is 0 Å². The van der Waals surface area contributed by atoms with Crippen LogP contribution in [-0.2, 0) is 9.53 Å². The maximum absolute atomic E-state index is 12.7. The Bertz CT molecular complexity index is 1210. The smallest absolute Gasteiger partial charge is 0.344 e. The molecule has 0 fully saturated rings. The van der Waals surface area contributed by atoms with Gasteiger partial charge in [0.1, 0.15) is 27.9 Å². The summed E-state index contributed by atoms with van der Waals surface area (Å²) in [5.41, 5.74) is 0.578. The van der Waals surface area contributed by atoms with Crippen LogP contribution in [0.2, 0.25) is 5.02 Å². The molecule has 1 amide bonds. The number of nitrogens with zero attached hydrogens (tertiary/aromatic N) is 1. The Kier molecular flexibility index (Phi) is 8.23. The summed E-state index contributed by atoms with van der Waals surface area (Å²) >= 11 is 10.5. The van der Waals surface area contributed by atoms with Gasteiger partial charge in [0.25, 0.3) is 5.91 Å². The van der Waals surface area contributed by atoms with Gasteiger partial charge in [-0.1, -0.05) is 35.5 Å². The molecule has 2 aromatic carbocycles. The zero-order chi connectivity index (χ0) is 24.1. The van der Waals surface area contributed by atoms with Crippen molar-refractivity contribution in [1.29, 1.82) is 0 Å². The predicted molar refractivity (Wildman–Crippen MR) is 132 cm³/mol. The quantitative estimate of drug-likeness (QED) is 0.451. The third-order valence-electron chi connectivity index (χ3n) is 4.47. The van der Waals surface area contributed by atoms with Gasteiger partial charge in [-0.15, -0.1) is 0 Å². The molecule has 0 unspecified atom stereocenters. The van der Waals surface area contributed by atoms with Crippen molar-refractivity contribution >= 4 is 62.3 Å². The molecule has 172 valence electrons. The van der Waals surface area contributed by atoms with E-state index in [1.807, 2.05) is 0 Å². The molecule has 33 heavy (non-hydrogen) atoms. The van der Waals surface area contributed by atoms with Gasteiger partial charge in [-0.3, -0.25) is 4.79 Å². The lowest BCUT2D eigenvalue weighted by Gasteiger charge is -2.10. The van der Waals surface area contributed by atoms with Crippen LogP contribution in [-0.4, -0.2) is 42.9 Å². The van der Waals surface area contributed by atoms with Gasteiger partial charge < -0.3 is 19.3 Å². The van der Waals surface area contributed by atoms with Crippen molar-refractivity contribution in [2.75, 3.05) is 20.8 Å². The van der Waals surface area contributed by atoms with E-state index < -0.39 is 11.9 Å². The standard InChI is InChI=1S/C23H19BrClNO6S/c1-4-32-23(29)19-20(27)18(10-12-9-14(24)17(31-3)11-16(12)30-2)33-22(19)26-21(28)13-7-5-6-8-15(13)25/h5-11,27H,4H2,1-3H3/b18-10-,26-22?. The van der Waals surface area contributed by atoms with Gasteiger partial charge in [0, 0.05) is 11.6 Å². The summed E-state index contributed by atoms with van der Waals surface area (Å²) < 4.78 is 16.4. The minimum Gasteiger partial charge on any atom is -0.506 e. The molecule has 1 heterocycles. The summed E-state index contributed by atoms with van der Waals surface area (Å²) in [6.45, 7) is 1.73. The summed E-state index contributed by atoms with van der Waals surface area (Å²) in [5.74, 6) is -0.750. The van der Waals surface area contributed by atoms with Gasteiger partial charge in [-0.05, 0) is 47.1 Å². The second kappa shape index (κ2) is 10.9. The number of thioether (sulfide) groups is 1. The maximum Gasteiger partial charge on any atom is 0.344 e. The number of halogens is 2. The van der Waals surface area contributed by atoms with Crippen LogP contribution >= 0.6 is 39.3 Å². The highest BCUT2D eigenvalue weighted by atomic mass is 79.9. The number of rotatable bonds is 6. The van der Waals surface area contributed by atoms with Crippen LogP contribution in [0.1, 0.15) is 22.8 Å². The predicted octanol–water partition coefficient (Wildman–Crippen LogP) is 5.82. The summed E-state index contributed by atoms with van der Waals surface area (Å²) in [6.07, 6.45) is 1.62. The van der Waals surface area contributed by atoms with Crippen LogP contribution in [0.15, 0.2) is 62.1 Å². The first-order chi connectivity index (χ1) is 15.8. The minimum atomic E-state index is -0.792. The molecule has 0 aromatic heterocycles. The fourth-order valence-corrected chi connectivity index (χ4v) is 4.66. The van der Waals surface area contributed by atoms with Crippen molar-refractivity contribution in [3.05, 3.63) is 73.3 Å². The van der Waals surface area contributed by atoms with E-state index in [9.17, 15) is 14.7 Å². The third-order valence-corrected chi connectivity index (χ3v) is 6.44. The van der Waals surface area contributed by atoms with E-state index >= 15 is 0 Å². The van der Waals surface area contributed by atoms with Gasteiger partial charge in [0.2, 0.25) is 0 Å². The van der Waals surface area contributed by atoms with E-state index in [2.05, 4.69) is 20.9 Å². The Hall–Kier alpha value is -2.75. The average Bonchev–Trinajstić information content (AvgIpc) is 3.08. The number of methoxy groups -OCH3 is 2. The van der Waals surface area contributed by atoms with E-state index in [4.69, 9.17) is 25.8 Å². The number of carbonyl (C=O) groups is 2. The number of aliphatic hydroxyl groups is 1. The Morgan fingerprint density at radius 3 is 2.52 bits per heavy atom. The lowest BCUT2D eigenvalue weighted by Crippen LogP contribution is -2.14. The van der Waals surface area contributed by atoms with Crippen molar-refractivity contribution in [1.82, 2.24) is 0 Å². The van der Waals surface area contributed by atoms with Crippen molar-refractivity contribution in [2.24, 2.45) is 4.99 Å². The SMILES string of the molecule is CCOC(=O)C1=C(O)/C(=C/c2cc(Br)c(OC)cc2OC)SC1=NC(=O)c1ccccc1Cl. The summed E-state index contributed by atoms with van der Waals surface area (Å²) in [4.78, 5) is 29.6. The molecule has 2 aromatic rings. The number of benzene rings is 2. The van der Waals surface area contributed by atoms with E-state index in [-0.39, 0.29) is 33.6 Å². The van der Waals surface area contributed by atoms with Crippen molar-refractivity contribution in [2.45, 2.75) is 6.92 Å². The number of hydrogen-bond donors (Lipinski definition) is 1. The molecule has 0 saturated carbocycles. The van der Waals surface area contributed by atoms with Gasteiger partial charge in [0.15, 0.2) is 0 Å². The molecule has 0 spiro atoms. The lowest BCUT2D eigenvalue weighted by molar-refractivity contribution is -0.138. The van der Waals surface area contributed by atoms with E-state index in [1.54, 1.807) is 43.3 Å². The van der Waals surface area contributed by atoms with Crippen molar-refractivity contribution < 1.29 is 28.9 Å². The van der Waals surface area contributed by atoms with Crippen LogP contribution in [0.3, 0.4) is 0 Å². The number of hydrogen-bond acceptors (Lipinski definition) is 7. The Balaban J connectivity index is 2.09. The monoisotopic (exact) mass is 551 g/mol. The minimum absolute atomic E-state index is 0.00802. The fourth-order valence-electron chi connectivity index (χ4n) is 2.92. The molecule has 0 aliphatic carbocycles. The van der Waals surface area contributed by atoms with Crippen LogP contribution in [0.25, 0.3) is 6.08 Å². The molecule has 7 nitrogen and oxygen atoms in total. The van der Waals surface area contributed by atoms with Gasteiger partial charge in [-0.2, -0.15) is 0 Å². The largest absolute Gasteiger partial charge is 0.506 e. The normalized spacial score (nSPS) is 15.8. The molecule has 0 atom stereocenters. The second-order valence-electron chi connectivity index (χ2n) is 6.49. The van der Waals surface area contributed by atoms with E-state index in [0.29, 0.717) is 26.4 Å². The average molecular weight is 553 g/mol. The first-order valence-corrected chi connectivity index (χ1v) is 11.6. The molecular weight excluding hydrogens is 534 g/mol. The third kappa shape index (κ3) is 5.43. The number of aliphatic imine (C=N–C) groups is 1. The highest BCUT2D eigenvalue weighted by Gasteiger charge is 2.34.